The fourth-order valence-electron chi connectivity index (χ4n) is 2.05. The maximum atomic E-state index is 12.1. The lowest BCUT2D eigenvalue weighted by Crippen LogP contribution is -2.55. The molecule has 1 atom stereocenters. The van der Waals surface area contributed by atoms with Crippen LogP contribution >= 0.6 is 0 Å². The Labute approximate surface area is 121 Å². The summed E-state index contributed by atoms with van der Waals surface area (Å²) in [5.74, 6) is -0.422. The topological polar surface area (TPSA) is 92.6 Å². The number of rotatable bonds is 3. The highest BCUT2D eigenvalue weighted by atomic mass is 16.6. The molecule has 0 radical (unpaired) electrons. The second-order valence-electron chi connectivity index (χ2n) is 4.68. The lowest BCUT2D eigenvalue weighted by Gasteiger charge is -2.31. The minimum absolute atomic E-state index is 0.000185. The Morgan fingerprint density at radius 2 is 2.10 bits per heavy atom. The molecule has 0 saturated carbocycles. The number of amides is 2. The molecular formula is C14H15N3O4. The highest BCUT2D eigenvalue weighted by molar-refractivity contribution is 5.96. The molecule has 1 aliphatic rings. The summed E-state index contributed by atoms with van der Waals surface area (Å²) in [5.41, 5.74) is 0.683. The fraction of sp³-hybridized carbons (Fsp3) is 0.286. The average molecular weight is 289 g/mol. The van der Waals surface area contributed by atoms with Crippen LogP contribution in [0, 0.1) is 10.1 Å². The quantitative estimate of drug-likeness (QED) is 0.509. The normalized spacial score (nSPS) is 18.6. The molecule has 21 heavy (non-hydrogen) atoms. The molecule has 1 aliphatic heterocycles. The van der Waals surface area contributed by atoms with E-state index in [1.807, 2.05) is 0 Å². The first-order valence-corrected chi connectivity index (χ1v) is 6.50. The minimum atomic E-state index is -0.493. The number of nitrogens with zero attached hydrogens (tertiary/aromatic N) is 2. The molecule has 1 saturated heterocycles. The molecule has 1 heterocycles. The molecule has 0 spiro atoms. The van der Waals surface area contributed by atoms with Crippen LogP contribution in [0.15, 0.2) is 30.3 Å². The zero-order chi connectivity index (χ0) is 15.4. The Bertz CT molecular complexity index is 595. The van der Waals surface area contributed by atoms with Gasteiger partial charge >= 0.3 is 0 Å². The van der Waals surface area contributed by atoms with Crippen LogP contribution in [0.5, 0.6) is 0 Å². The van der Waals surface area contributed by atoms with E-state index < -0.39 is 11.0 Å². The van der Waals surface area contributed by atoms with Gasteiger partial charge in [0.2, 0.25) is 11.8 Å². The van der Waals surface area contributed by atoms with E-state index >= 15 is 0 Å². The van der Waals surface area contributed by atoms with Crippen molar-refractivity contribution in [3.05, 3.63) is 46.0 Å². The van der Waals surface area contributed by atoms with Crippen LogP contribution in [0.25, 0.3) is 6.08 Å². The number of benzene rings is 1. The minimum Gasteiger partial charge on any atom is -0.353 e. The highest BCUT2D eigenvalue weighted by Gasteiger charge is 2.27. The van der Waals surface area contributed by atoms with Gasteiger partial charge in [0.15, 0.2) is 0 Å². The van der Waals surface area contributed by atoms with Crippen LogP contribution in [0.1, 0.15) is 12.5 Å². The first-order valence-electron chi connectivity index (χ1n) is 6.50. The molecule has 1 unspecified atom stereocenters. The predicted molar refractivity (Wildman–Crippen MR) is 76.3 cm³/mol. The molecule has 2 amide bonds. The number of carbonyl (C=O) groups excluding carboxylic acids is 2. The zero-order valence-electron chi connectivity index (χ0n) is 11.5. The Kier molecular flexibility index (Phi) is 4.32. The van der Waals surface area contributed by atoms with Gasteiger partial charge in [-0.15, -0.1) is 0 Å². The van der Waals surface area contributed by atoms with Gasteiger partial charge in [-0.3, -0.25) is 19.7 Å². The smallest absolute Gasteiger partial charge is 0.269 e. The molecule has 1 N–H and O–H groups in total. The van der Waals surface area contributed by atoms with Crippen molar-refractivity contribution >= 4 is 23.6 Å². The summed E-state index contributed by atoms with van der Waals surface area (Å²) < 4.78 is 0. The van der Waals surface area contributed by atoms with Gasteiger partial charge in [0, 0.05) is 31.3 Å². The number of nitro groups is 1. The van der Waals surface area contributed by atoms with Crippen molar-refractivity contribution in [2.75, 3.05) is 13.1 Å². The molecule has 1 aromatic carbocycles. The van der Waals surface area contributed by atoms with Crippen LogP contribution < -0.4 is 5.32 Å². The van der Waals surface area contributed by atoms with E-state index in [-0.39, 0.29) is 17.5 Å². The zero-order valence-corrected chi connectivity index (χ0v) is 11.5. The molecule has 2 rings (SSSR count). The molecule has 7 heteroatoms. The van der Waals surface area contributed by atoms with Gasteiger partial charge in [0.05, 0.1) is 4.92 Å². The standard InChI is InChI=1S/C14H15N3O4/c1-10-14(19)15-8-9-16(10)13(18)7-4-11-2-5-12(6-3-11)17(20)21/h2-7,10H,8-9H2,1H3,(H,15,19)/b7-4-. The maximum Gasteiger partial charge on any atom is 0.269 e. The van der Waals surface area contributed by atoms with Crippen molar-refractivity contribution in [3.63, 3.8) is 0 Å². The maximum absolute atomic E-state index is 12.1. The average Bonchev–Trinajstić information content (AvgIpc) is 2.48. The first kappa shape index (κ1) is 14.7. The van der Waals surface area contributed by atoms with Gasteiger partial charge in [-0.05, 0) is 30.7 Å². The second-order valence-corrected chi connectivity index (χ2v) is 4.68. The summed E-state index contributed by atoms with van der Waals surface area (Å²) in [6.45, 7) is 2.59. The Balaban J connectivity index is 2.04. The van der Waals surface area contributed by atoms with E-state index in [0.29, 0.717) is 18.7 Å². The van der Waals surface area contributed by atoms with E-state index in [4.69, 9.17) is 0 Å². The third kappa shape index (κ3) is 3.44. The Morgan fingerprint density at radius 3 is 2.71 bits per heavy atom. The SMILES string of the molecule is CC1C(=O)NCCN1C(=O)/C=C\c1ccc([N+](=O)[O-])cc1. The van der Waals surface area contributed by atoms with Crippen molar-refractivity contribution in [2.45, 2.75) is 13.0 Å². The Morgan fingerprint density at radius 1 is 1.43 bits per heavy atom. The lowest BCUT2D eigenvalue weighted by atomic mass is 10.1. The van der Waals surface area contributed by atoms with E-state index in [2.05, 4.69) is 5.32 Å². The third-order valence-electron chi connectivity index (χ3n) is 3.30. The predicted octanol–water partition coefficient (Wildman–Crippen LogP) is 0.955. The van der Waals surface area contributed by atoms with Crippen LogP contribution in [0.2, 0.25) is 0 Å². The largest absolute Gasteiger partial charge is 0.353 e. The molecule has 110 valence electrons. The fourth-order valence-corrected chi connectivity index (χ4v) is 2.05. The number of hydrogen-bond acceptors (Lipinski definition) is 4. The summed E-state index contributed by atoms with van der Waals surface area (Å²) in [6.07, 6.45) is 2.95. The number of hydrogen-bond donors (Lipinski definition) is 1. The van der Waals surface area contributed by atoms with Crippen molar-refractivity contribution in [1.29, 1.82) is 0 Å². The van der Waals surface area contributed by atoms with Crippen LogP contribution in [-0.4, -0.2) is 40.8 Å². The molecule has 7 nitrogen and oxygen atoms in total. The summed E-state index contributed by atoms with van der Waals surface area (Å²) in [5, 5.41) is 13.2. The van der Waals surface area contributed by atoms with Gasteiger partial charge in [-0.1, -0.05) is 0 Å². The van der Waals surface area contributed by atoms with E-state index in [1.54, 1.807) is 25.1 Å². The number of non-ortho nitro benzene ring substituents is 1. The highest BCUT2D eigenvalue weighted by Crippen LogP contribution is 2.13. The summed E-state index contributed by atoms with van der Waals surface area (Å²) in [6, 6.07) is 5.39. The van der Waals surface area contributed by atoms with Gasteiger partial charge < -0.3 is 10.2 Å². The summed E-state index contributed by atoms with van der Waals surface area (Å²) >= 11 is 0. The van der Waals surface area contributed by atoms with Gasteiger partial charge in [-0.2, -0.15) is 0 Å². The van der Waals surface area contributed by atoms with Gasteiger partial charge in [0.25, 0.3) is 5.69 Å². The molecule has 0 aromatic heterocycles. The summed E-state index contributed by atoms with van der Waals surface area (Å²) in [7, 11) is 0. The van der Waals surface area contributed by atoms with Gasteiger partial charge in [-0.25, -0.2) is 0 Å². The van der Waals surface area contributed by atoms with Crippen LogP contribution in [0.4, 0.5) is 5.69 Å². The van der Waals surface area contributed by atoms with Crippen molar-refractivity contribution in [1.82, 2.24) is 10.2 Å². The van der Waals surface area contributed by atoms with E-state index in [0.717, 1.165) is 0 Å². The molecule has 1 fully saturated rings. The van der Waals surface area contributed by atoms with Crippen molar-refractivity contribution in [2.24, 2.45) is 0 Å². The van der Waals surface area contributed by atoms with Gasteiger partial charge in [0.1, 0.15) is 6.04 Å². The lowest BCUT2D eigenvalue weighted by molar-refractivity contribution is -0.384. The van der Waals surface area contributed by atoms with Crippen molar-refractivity contribution < 1.29 is 14.5 Å². The molecule has 1 aromatic rings. The number of nitrogens with one attached hydrogen (secondary N) is 1. The second kappa shape index (κ2) is 6.17. The number of carbonyl (C=O) groups is 2. The monoisotopic (exact) mass is 289 g/mol. The summed E-state index contributed by atoms with van der Waals surface area (Å²) in [4.78, 5) is 35.1. The molecule has 0 bridgehead atoms. The van der Waals surface area contributed by atoms with E-state index in [9.17, 15) is 19.7 Å². The van der Waals surface area contributed by atoms with Crippen LogP contribution in [-0.2, 0) is 9.59 Å². The Hall–Kier alpha value is -2.70. The molecular weight excluding hydrogens is 274 g/mol. The van der Waals surface area contributed by atoms with Crippen molar-refractivity contribution in [3.8, 4) is 0 Å². The third-order valence-corrected chi connectivity index (χ3v) is 3.30. The molecule has 0 aliphatic carbocycles. The number of nitro benzene ring substituents is 1. The van der Waals surface area contributed by atoms with E-state index in [1.165, 1.54) is 23.1 Å². The first-order chi connectivity index (χ1) is 9.99. The van der Waals surface area contributed by atoms with Crippen LogP contribution in [0.3, 0.4) is 0 Å². The number of piperazine rings is 1.